The second-order valence-corrected chi connectivity index (χ2v) is 10.1. The number of benzene rings is 1. The lowest BCUT2D eigenvalue weighted by molar-refractivity contribution is 0.482. The van der Waals surface area contributed by atoms with Crippen LogP contribution in [0.2, 0.25) is 5.02 Å². The molecule has 0 unspecified atom stereocenters. The van der Waals surface area contributed by atoms with Crippen molar-refractivity contribution in [3.05, 3.63) is 52.6 Å². The summed E-state index contributed by atoms with van der Waals surface area (Å²) in [6.07, 6.45) is 3.38. The number of rotatable bonds is 3. The molecule has 2 N–H and O–H groups in total. The molecule has 1 aliphatic rings. The second kappa shape index (κ2) is 6.57. The van der Waals surface area contributed by atoms with Gasteiger partial charge in [-0.05, 0) is 30.7 Å². The van der Waals surface area contributed by atoms with Crippen molar-refractivity contribution in [1.29, 1.82) is 0 Å². The minimum Gasteiger partial charge on any atom is -0.369 e. The summed E-state index contributed by atoms with van der Waals surface area (Å²) in [6, 6.07) is 9.58. The summed E-state index contributed by atoms with van der Waals surface area (Å²) in [5.74, 6) is -0.237. The summed E-state index contributed by atoms with van der Waals surface area (Å²) in [6.45, 7) is 1.74. The highest BCUT2D eigenvalue weighted by molar-refractivity contribution is 7.89. The van der Waals surface area contributed by atoms with Crippen molar-refractivity contribution >= 4 is 38.9 Å². The van der Waals surface area contributed by atoms with Crippen LogP contribution in [-0.2, 0) is 15.6 Å². The predicted molar refractivity (Wildman–Crippen MR) is 110 cm³/mol. The molecule has 28 heavy (non-hydrogen) atoms. The van der Waals surface area contributed by atoms with Crippen LogP contribution in [0.4, 0.5) is 0 Å². The van der Waals surface area contributed by atoms with Crippen molar-refractivity contribution in [3.63, 3.8) is 0 Å². The van der Waals surface area contributed by atoms with E-state index in [0.717, 1.165) is 20.4 Å². The van der Waals surface area contributed by atoms with Gasteiger partial charge in [-0.25, -0.2) is 22.4 Å². The minimum atomic E-state index is -3.56. The van der Waals surface area contributed by atoms with Crippen LogP contribution in [0.25, 0.3) is 16.1 Å². The first-order valence-corrected chi connectivity index (χ1v) is 11.1. The molecule has 1 atom stereocenters. The van der Waals surface area contributed by atoms with E-state index in [-0.39, 0.29) is 11.7 Å². The molecule has 0 saturated carbocycles. The van der Waals surface area contributed by atoms with Crippen molar-refractivity contribution in [2.75, 3.05) is 12.8 Å². The highest BCUT2D eigenvalue weighted by Crippen LogP contribution is 2.44. The van der Waals surface area contributed by atoms with Gasteiger partial charge in [0.1, 0.15) is 5.54 Å². The normalized spacial score (nSPS) is 21.5. The monoisotopic (exact) mass is 436 g/mol. The summed E-state index contributed by atoms with van der Waals surface area (Å²) >= 11 is 7.89. The lowest BCUT2D eigenvalue weighted by atomic mass is 10.0. The molecule has 11 heteroatoms. The first kappa shape index (κ1) is 18.9. The molecule has 1 aromatic carbocycles. The number of guanidine groups is 1. The number of aliphatic imine (C=N–C) groups is 1. The van der Waals surface area contributed by atoms with Crippen LogP contribution in [-0.4, -0.2) is 46.5 Å². The summed E-state index contributed by atoms with van der Waals surface area (Å²) < 4.78 is 27.5. The fraction of sp³-hybridized carbons (Fsp3) is 0.235. The minimum absolute atomic E-state index is 0.0445. The molecule has 1 aliphatic heterocycles. The van der Waals surface area contributed by atoms with Crippen LogP contribution in [0, 0.1) is 0 Å². The number of hydrogen-bond donors (Lipinski definition) is 1. The van der Waals surface area contributed by atoms with Crippen molar-refractivity contribution in [2.24, 2.45) is 10.7 Å². The van der Waals surface area contributed by atoms with Gasteiger partial charge in [0, 0.05) is 11.9 Å². The van der Waals surface area contributed by atoms with Gasteiger partial charge in [-0.2, -0.15) is 0 Å². The van der Waals surface area contributed by atoms with Crippen LogP contribution >= 0.6 is 22.9 Å². The standard InChI is InChI=1S/C17H17ClN6O2S2/c1-17(10-28(25,26)23(2)16(19)21-17)15-13(18)9-14(27-15)11-3-5-12(6-4-11)24-8-7-20-22-24/h3-9H,10H2,1-2H3,(H2,19,21)/t17-/m0/s1. The van der Waals surface area contributed by atoms with Crippen LogP contribution < -0.4 is 5.73 Å². The van der Waals surface area contributed by atoms with Gasteiger partial charge in [0.25, 0.3) is 0 Å². The van der Waals surface area contributed by atoms with Gasteiger partial charge in [-0.3, -0.25) is 0 Å². The smallest absolute Gasteiger partial charge is 0.239 e. The highest BCUT2D eigenvalue weighted by atomic mass is 35.5. The van der Waals surface area contributed by atoms with E-state index in [2.05, 4.69) is 15.3 Å². The molecule has 8 nitrogen and oxygen atoms in total. The van der Waals surface area contributed by atoms with Gasteiger partial charge in [-0.15, -0.1) is 16.4 Å². The molecule has 0 radical (unpaired) electrons. The van der Waals surface area contributed by atoms with Crippen molar-refractivity contribution in [1.82, 2.24) is 19.3 Å². The van der Waals surface area contributed by atoms with E-state index in [9.17, 15) is 8.42 Å². The fourth-order valence-corrected chi connectivity index (χ4v) is 6.24. The largest absolute Gasteiger partial charge is 0.369 e. The number of thiophene rings is 1. The third kappa shape index (κ3) is 3.17. The third-order valence-electron chi connectivity index (χ3n) is 4.58. The second-order valence-electron chi connectivity index (χ2n) is 6.65. The van der Waals surface area contributed by atoms with Crippen LogP contribution in [0.5, 0.6) is 0 Å². The zero-order chi connectivity index (χ0) is 20.1. The lowest BCUT2D eigenvalue weighted by Gasteiger charge is -2.33. The predicted octanol–water partition coefficient (Wildman–Crippen LogP) is 2.45. The quantitative estimate of drug-likeness (QED) is 0.678. The number of sulfonamides is 1. The Balaban J connectivity index is 1.71. The molecule has 3 aromatic rings. The van der Waals surface area contributed by atoms with Gasteiger partial charge in [0.15, 0.2) is 0 Å². The highest BCUT2D eigenvalue weighted by Gasteiger charge is 2.42. The number of hydrogen-bond acceptors (Lipinski definition) is 7. The van der Waals surface area contributed by atoms with Crippen LogP contribution in [0.3, 0.4) is 0 Å². The first-order valence-electron chi connectivity index (χ1n) is 8.28. The molecule has 4 rings (SSSR count). The Hall–Kier alpha value is -2.43. The number of halogens is 1. The lowest BCUT2D eigenvalue weighted by Crippen LogP contribution is -2.50. The topological polar surface area (TPSA) is 106 Å². The molecule has 146 valence electrons. The average Bonchev–Trinajstić information content (AvgIpc) is 3.29. The Kier molecular flexibility index (Phi) is 4.44. The Morgan fingerprint density at radius 3 is 2.61 bits per heavy atom. The molecule has 0 aliphatic carbocycles. The first-order chi connectivity index (χ1) is 13.2. The summed E-state index contributed by atoms with van der Waals surface area (Å²) in [5.41, 5.74) is 6.65. The van der Waals surface area contributed by atoms with Crippen molar-refractivity contribution < 1.29 is 8.42 Å². The summed E-state index contributed by atoms with van der Waals surface area (Å²) in [5, 5.41) is 8.24. The number of nitrogens with zero attached hydrogens (tertiary/aromatic N) is 5. The van der Waals surface area contributed by atoms with E-state index < -0.39 is 15.6 Å². The molecule has 3 heterocycles. The van der Waals surface area contributed by atoms with E-state index in [4.69, 9.17) is 17.3 Å². The number of nitrogens with two attached hydrogens (primary N) is 1. The van der Waals surface area contributed by atoms with E-state index in [0.29, 0.717) is 9.90 Å². The molecule has 0 saturated heterocycles. The molecule has 0 amide bonds. The van der Waals surface area contributed by atoms with Gasteiger partial charge in [0.05, 0.1) is 33.7 Å². The Morgan fingerprint density at radius 2 is 2.00 bits per heavy atom. The van der Waals surface area contributed by atoms with E-state index in [1.165, 1.54) is 18.4 Å². The van der Waals surface area contributed by atoms with Crippen LogP contribution in [0.15, 0.2) is 47.7 Å². The molecular formula is C17H17ClN6O2S2. The SMILES string of the molecule is CN1C(N)=N[C@](C)(c2sc(-c3ccc(-n4ccnn4)cc3)cc2Cl)CS1(=O)=O. The molecular weight excluding hydrogens is 420 g/mol. The fourth-order valence-electron chi connectivity index (χ4n) is 3.07. The summed E-state index contributed by atoms with van der Waals surface area (Å²) in [4.78, 5) is 6.01. The van der Waals surface area contributed by atoms with Gasteiger partial charge >= 0.3 is 0 Å². The zero-order valence-electron chi connectivity index (χ0n) is 15.1. The van der Waals surface area contributed by atoms with E-state index in [1.54, 1.807) is 24.0 Å². The Morgan fingerprint density at radius 1 is 1.29 bits per heavy atom. The maximum absolute atomic E-state index is 12.4. The Bertz CT molecular complexity index is 1150. The molecule has 0 fully saturated rings. The molecule has 2 aromatic heterocycles. The number of aromatic nitrogens is 3. The maximum Gasteiger partial charge on any atom is 0.239 e. The zero-order valence-corrected chi connectivity index (χ0v) is 17.5. The third-order valence-corrected chi connectivity index (χ3v) is 8.38. The van der Waals surface area contributed by atoms with E-state index in [1.807, 2.05) is 30.3 Å². The molecule has 0 spiro atoms. The van der Waals surface area contributed by atoms with Crippen molar-refractivity contribution in [3.8, 4) is 16.1 Å². The van der Waals surface area contributed by atoms with Crippen LogP contribution in [0.1, 0.15) is 11.8 Å². The van der Waals surface area contributed by atoms with E-state index >= 15 is 0 Å². The van der Waals surface area contributed by atoms with Crippen molar-refractivity contribution in [2.45, 2.75) is 12.5 Å². The van der Waals surface area contributed by atoms with Gasteiger partial charge in [0.2, 0.25) is 16.0 Å². The molecule has 0 bridgehead atoms. The average molecular weight is 437 g/mol. The Labute approximate surface area is 171 Å². The van der Waals surface area contributed by atoms with Gasteiger partial charge in [-0.1, -0.05) is 28.9 Å². The van der Waals surface area contributed by atoms with Gasteiger partial charge < -0.3 is 5.73 Å². The maximum atomic E-state index is 12.4. The summed E-state index contributed by atoms with van der Waals surface area (Å²) in [7, 11) is -2.16.